The molecular formula is C24H33N7O. The molecule has 8 nitrogen and oxygen atoms in total. The van der Waals surface area contributed by atoms with Crippen LogP contribution in [0.2, 0.25) is 0 Å². The van der Waals surface area contributed by atoms with Crippen LogP contribution in [0.3, 0.4) is 0 Å². The smallest absolute Gasteiger partial charge is 0.253 e. The van der Waals surface area contributed by atoms with Crippen LogP contribution in [-0.2, 0) is 7.05 Å². The average Bonchev–Trinajstić information content (AvgIpc) is 3.40. The number of pyridine rings is 1. The second-order valence-electron chi connectivity index (χ2n) is 9.51. The molecule has 1 aliphatic heterocycles. The first-order chi connectivity index (χ1) is 15.5. The fraction of sp³-hybridized carbons (Fsp3) is 0.542. The monoisotopic (exact) mass is 435 g/mol. The fourth-order valence-corrected chi connectivity index (χ4v) is 4.90. The number of likely N-dealkylation sites (tertiary alicyclic amines) is 1. The summed E-state index contributed by atoms with van der Waals surface area (Å²) in [5.74, 6) is 0.697. The van der Waals surface area contributed by atoms with Gasteiger partial charge in [0.25, 0.3) is 5.91 Å². The van der Waals surface area contributed by atoms with Gasteiger partial charge in [-0.05, 0) is 76.9 Å². The van der Waals surface area contributed by atoms with Gasteiger partial charge in [-0.25, -0.2) is 0 Å². The van der Waals surface area contributed by atoms with Gasteiger partial charge in [-0.3, -0.25) is 9.20 Å². The van der Waals surface area contributed by atoms with Gasteiger partial charge in [-0.15, -0.1) is 10.2 Å². The molecule has 0 aromatic carbocycles. The van der Waals surface area contributed by atoms with Gasteiger partial charge in [-0.1, -0.05) is 0 Å². The zero-order valence-corrected chi connectivity index (χ0v) is 19.2. The van der Waals surface area contributed by atoms with E-state index in [1.54, 1.807) is 0 Å². The van der Waals surface area contributed by atoms with Crippen molar-refractivity contribution in [1.29, 1.82) is 0 Å². The predicted octanol–water partition coefficient (Wildman–Crippen LogP) is 2.46. The van der Waals surface area contributed by atoms with E-state index in [4.69, 9.17) is 0 Å². The zero-order valence-electron chi connectivity index (χ0n) is 19.2. The summed E-state index contributed by atoms with van der Waals surface area (Å²) in [6.45, 7) is 6.85. The molecule has 0 unspecified atom stereocenters. The Labute approximate surface area is 189 Å². The molecule has 3 aromatic rings. The molecule has 3 aromatic heterocycles. The lowest BCUT2D eigenvalue weighted by atomic mass is 9.84. The van der Waals surface area contributed by atoms with Crippen LogP contribution in [0.1, 0.15) is 49.9 Å². The third-order valence-corrected chi connectivity index (χ3v) is 7.14. The van der Waals surface area contributed by atoms with Crippen LogP contribution in [-0.4, -0.2) is 67.2 Å². The van der Waals surface area contributed by atoms with Crippen LogP contribution in [0.4, 0.5) is 0 Å². The number of hydrogen-bond acceptors (Lipinski definition) is 5. The predicted molar refractivity (Wildman–Crippen MR) is 125 cm³/mol. The normalized spacial score (nSPS) is 22.4. The molecule has 0 spiro atoms. The third kappa shape index (κ3) is 4.04. The molecule has 0 bridgehead atoms. The van der Waals surface area contributed by atoms with E-state index in [-0.39, 0.29) is 11.9 Å². The molecule has 2 N–H and O–H groups in total. The highest BCUT2D eigenvalue weighted by atomic mass is 16.1. The summed E-state index contributed by atoms with van der Waals surface area (Å²) < 4.78 is 3.89. The summed E-state index contributed by atoms with van der Waals surface area (Å²) in [6.07, 6.45) is 8.33. The van der Waals surface area contributed by atoms with E-state index >= 15 is 0 Å². The van der Waals surface area contributed by atoms with Gasteiger partial charge in [0, 0.05) is 43.6 Å². The molecule has 4 heterocycles. The van der Waals surface area contributed by atoms with Crippen LogP contribution in [0.25, 0.3) is 17.2 Å². The van der Waals surface area contributed by atoms with Crippen LogP contribution in [0, 0.1) is 0 Å². The first-order valence-electron chi connectivity index (χ1n) is 11.8. The Morgan fingerprint density at radius 2 is 1.84 bits per heavy atom. The fourth-order valence-electron chi connectivity index (χ4n) is 4.90. The Kier molecular flexibility index (Phi) is 5.73. The van der Waals surface area contributed by atoms with Gasteiger partial charge in [0.1, 0.15) is 0 Å². The number of aromatic nitrogens is 4. The molecular weight excluding hydrogens is 402 g/mol. The summed E-state index contributed by atoms with van der Waals surface area (Å²) >= 11 is 0. The van der Waals surface area contributed by atoms with Crippen LogP contribution >= 0.6 is 0 Å². The molecule has 1 saturated heterocycles. The topological polar surface area (TPSA) is 79.5 Å². The lowest BCUT2D eigenvalue weighted by Gasteiger charge is -2.42. The van der Waals surface area contributed by atoms with E-state index in [2.05, 4.69) is 39.6 Å². The van der Waals surface area contributed by atoms with Crippen molar-refractivity contribution in [1.82, 2.24) is 34.7 Å². The number of carbonyl (C=O) groups excluding carboxylic acids is 1. The van der Waals surface area contributed by atoms with Crippen molar-refractivity contribution in [3.8, 4) is 11.5 Å². The van der Waals surface area contributed by atoms with E-state index < -0.39 is 0 Å². The molecule has 2 fully saturated rings. The minimum absolute atomic E-state index is 0.0374. The van der Waals surface area contributed by atoms with Gasteiger partial charge in [0.05, 0.1) is 11.3 Å². The van der Waals surface area contributed by atoms with Crippen molar-refractivity contribution in [3.63, 3.8) is 0 Å². The standard InChI is InChI=1S/C24H33N7O/c1-16(2)30-13-10-18(11-14-30)25-19-7-8-20(19)26-24(32)17-6-9-22-27-28-23(31(22)15-17)21-5-4-12-29(21)3/h4-6,9,12,15-16,18-20,25H,7-8,10-11,13-14H2,1-3H3,(H,26,32)/t19-,20+/m1/s1. The number of carbonyl (C=O) groups is 1. The Bertz CT molecular complexity index is 1090. The maximum absolute atomic E-state index is 13.0. The Morgan fingerprint density at radius 3 is 2.50 bits per heavy atom. The second kappa shape index (κ2) is 8.67. The molecule has 5 rings (SSSR count). The number of rotatable bonds is 6. The number of nitrogens with zero attached hydrogens (tertiary/aromatic N) is 5. The van der Waals surface area contributed by atoms with Crippen molar-refractivity contribution in [2.45, 2.75) is 63.7 Å². The van der Waals surface area contributed by atoms with Gasteiger partial charge < -0.3 is 20.1 Å². The van der Waals surface area contributed by atoms with Gasteiger partial charge in [-0.2, -0.15) is 0 Å². The van der Waals surface area contributed by atoms with Crippen LogP contribution in [0.5, 0.6) is 0 Å². The highest BCUT2D eigenvalue weighted by Gasteiger charge is 2.34. The second-order valence-corrected chi connectivity index (χ2v) is 9.51. The van der Waals surface area contributed by atoms with E-state index in [9.17, 15) is 4.79 Å². The highest BCUT2D eigenvalue weighted by Crippen LogP contribution is 2.24. The maximum atomic E-state index is 13.0. The van der Waals surface area contributed by atoms with Crippen molar-refractivity contribution in [2.75, 3.05) is 13.1 Å². The summed E-state index contributed by atoms with van der Waals surface area (Å²) in [6, 6.07) is 9.39. The van der Waals surface area contributed by atoms with Gasteiger partial charge >= 0.3 is 0 Å². The molecule has 170 valence electrons. The molecule has 0 radical (unpaired) electrons. The lowest BCUT2D eigenvalue weighted by molar-refractivity contribution is 0.0873. The molecule has 2 aliphatic rings. The maximum Gasteiger partial charge on any atom is 0.253 e. The summed E-state index contributed by atoms with van der Waals surface area (Å²) in [5, 5.41) is 15.6. The third-order valence-electron chi connectivity index (χ3n) is 7.14. The number of hydrogen-bond donors (Lipinski definition) is 2. The van der Waals surface area contributed by atoms with E-state index in [0.29, 0.717) is 23.7 Å². The highest BCUT2D eigenvalue weighted by molar-refractivity contribution is 5.94. The Balaban J connectivity index is 1.23. The van der Waals surface area contributed by atoms with Crippen molar-refractivity contribution < 1.29 is 4.79 Å². The van der Waals surface area contributed by atoms with E-state index in [1.165, 1.54) is 12.8 Å². The molecule has 8 heteroatoms. The quantitative estimate of drug-likeness (QED) is 0.622. The molecule has 2 atom stereocenters. The number of piperidine rings is 1. The molecule has 32 heavy (non-hydrogen) atoms. The molecule has 1 aliphatic carbocycles. The summed E-state index contributed by atoms with van der Waals surface area (Å²) in [7, 11) is 1.98. The summed E-state index contributed by atoms with van der Waals surface area (Å²) in [5.41, 5.74) is 2.32. The van der Waals surface area contributed by atoms with Gasteiger partial charge in [0.2, 0.25) is 0 Å². The minimum Gasteiger partial charge on any atom is -0.348 e. The van der Waals surface area contributed by atoms with Crippen LogP contribution < -0.4 is 10.6 Å². The Hall–Kier alpha value is -2.71. The van der Waals surface area contributed by atoms with Crippen molar-refractivity contribution in [2.24, 2.45) is 7.05 Å². The van der Waals surface area contributed by atoms with E-state index in [0.717, 1.165) is 43.1 Å². The SMILES string of the molecule is CC(C)N1CCC(N[C@@H]2CC[C@@H]2NC(=O)c2ccc3nnc(-c4cccn4C)n3c2)CC1. The first-order valence-corrected chi connectivity index (χ1v) is 11.8. The van der Waals surface area contributed by atoms with Gasteiger partial charge in [0.15, 0.2) is 11.5 Å². The van der Waals surface area contributed by atoms with Crippen molar-refractivity contribution >= 4 is 11.6 Å². The molecule has 1 amide bonds. The van der Waals surface area contributed by atoms with Crippen molar-refractivity contribution in [3.05, 3.63) is 42.2 Å². The lowest BCUT2D eigenvalue weighted by Crippen LogP contribution is -2.60. The zero-order chi connectivity index (χ0) is 22.2. The number of aryl methyl sites for hydroxylation is 1. The van der Waals surface area contributed by atoms with Crippen LogP contribution in [0.15, 0.2) is 36.7 Å². The number of nitrogens with one attached hydrogen (secondary N) is 2. The number of fused-ring (bicyclic) bond motifs is 1. The average molecular weight is 436 g/mol. The van der Waals surface area contributed by atoms with E-state index in [1.807, 2.05) is 52.7 Å². The number of amides is 1. The summed E-state index contributed by atoms with van der Waals surface area (Å²) in [4.78, 5) is 15.6. The Morgan fingerprint density at radius 1 is 1.06 bits per heavy atom. The largest absolute Gasteiger partial charge is 0.348 e. The first kappa shape index (κ1) is 21.2. The molecule has 1 saturated carbocycles. The minimum atomic E-state index is -0.0374.